The molecular formula is C15H13ClN2O. The molecule has 0 saturated heterocycles. The van der Waals surface area contributed by atoms with Crippen molar-refractivity contribution in [3.8, 4) is 0 Å². The van der Waals surface area contributed by atoms with Crippen LogP contribution in [0.4, 0.5) is 5.69 Å². The van der Waals surface area contributed by atoms with Gasteiger partial charge in [0.05, 0.1) is 12.2 Å². The summed E-state index contributed by atoms with van der Waals surface area (Å²) < 4.78 is 0. The average Bonchev–Trinajstić information content (AvgIpc) is 2.46. The molecule has 0 amide bonds. The molecule has 0 aliphatic rings. The van der Waals surface area contributed by atoms with Gasteiger partial charge < -0.3 is 5.73 Å². The van der Waals surface area contributed by atoms with Gasteiger partial charge in [0.15, 0.2) is 5.78 Å². The summed E-state index contributed by atoms with van der Waals surface area (Å²) in [5.74, 6) is -0.0818. The van der Waals surface area contributed by atoms with Crippen molar-refractivity contribution in [1.82, 2.24) is 0 Å². The largest absolute Gasteiger partial charge is 0.324 e. The molecule has 0 heterocycles. The van der Waals surface area contributed by atoms with E-state index in [4.69, 9.17) is 17.3 Å². The Bertz CT molecular complexity index is 606. The lowest BCUT2D eigenvalue weighted by Gasteiger charge is -1.99. The number of rotatable bonds is 4. The number of halogens is 1. The van der Waals surface area contributed by atoms with E-state index in [1.807, 2.05) is 24.3 Å². The van der Waals surface area contributed by atoms with Crippen LogP contribution in [0, 0.1) is 0 Å². The number of hydrogen-bond donors (Lipinski definition) is 1. The molecule has 2 rings (SSSR count). The smallest absolute Gasteiger partial charge is 0.176 e. The van der Waals surface area contributed by atoms with Crippen molar-refractivity contribution in [1.29, 1.82) is 0 Å². The van der Waals surface area contributed by atoms with Gasteiger partial charge in [0.25, 0.3) is 0 Å². The molecule has 0 aliphatic carbocycles. The quantitative estimate of drug-likeness (QED) is 0.686. The van der Waals surface area contributed by atoms with E-state index in [2.05, 4.69) is 4.99 Å². The van der Waals surface area contributed by atoms with Crippen LogP contribution in [0.25, 0.3) is 0 Å². The first-order valence-electron chi connectivity index (χ1n) is 5.82. The summed E-state index contributed by atoms with van der Waals surface area (Å²) in [6, 6.07) is 14.4. The molecule has 0 radical (unpaired) electrons. The second-order valence-corrected chi connectivity index (χ2v) is 4.36. The van der Waals surface area contributed by atoms with Gasteiger partial charge in [-0.3, -0.25) is 9.79 Å². The molecule has 4 heteroatoms. The third-order valence-electron chi connectivity index (χ3n) is 2.63. The molecule has 0 aliphatic heterocycles. The molecule has 2 aromatic rings. The highest BCUT2D eigenvalue weighted by molar-refractivity contribution is 6.33. The Morgan fingerprint density at radius 1 is 1.16 bits per heavy atom. The molecule has 2 aromatic carbocycles. The minimum absolute atomic E-state index is 0.0161. The molecule has 19 heavy (non-hydrogen) atoms. The summed E-state index contributed by atoms with van der Waals surface area (Å²) in [5, 5.41) is 0.654. The van der Waals surface area contributed by atoms with E-state index < -0.39 is 0 Å². The van der Waals surface area contributed by atoms with E-state index in [0.717, 1.165) is 11.3 Å². The van der Waals surface area contributed by atoms with Crippen molar-refractivity contribution in [3.05, 3.63) is 64.7 Å². The number of nitrogens with two attached hydrogens (primary N) is 1. The van der Waals surface area contributed by atoms with Gasteiger partial charge in [0, 0.05) is 22.4 Å². The van der Waals surface area contributed by atoms with Crippen LogP contribution in [-0.2, 0) is 0 Å². The van der Waals surface area contributed by atoms with Crippen LogP contribution in [0.15, 0.2) is 53.5 Å². The number of carbonyl (C=O) groups excluding carboxylic acids is 1. The SMILES string of the molecule is NCC(=O)c1ccc(N=Cc2ccccc2Cl)cc1. The third-order valence-corrected chi connectivity index (χ3v) is 2.98. The lowest BCUT2D eigenvalue weighted by molar-refractivity contribution is 0.100. The summed E-state index contributed by atoms with van der Waals surface area (Å²) >= 11 is 6.03. The van der Waals surface area contributed by atoms with E-state index in [9.17, 15) is 4.79 Å². The van der Waals surface area contributed by atoms with Crippen LogP contribution >= 0.6 is 11.6 Å². The number of ketones is 1. The molecule has 0 spiro atoms. The van der Waals surface area contributed by atoms with Crippen molar-refractivity contribution < 1.29 is 4.79 Å². The lowest BCUT2D eigenvalue weighted by Crippen LogP contribution is -2.13. The number of hydrogen-bond acceptors (Lipinski definition) is 3. The highest BCUT2D eigenvalue weighted by Crippen LogP contribution is 2.16. The third kappa shape index (κ3) is 3.50. The van der Waals surface area contributed by atoms with Crippen molar-refractivity contribution in [3.63, 3.8) is 0 Å². The van der Waals surface area contributed by atoms with Crippen LogP contribution < -0.4 is 5.73 Å². The Kier molecular flexibility index (Phi) is 4.44. The van der Waals surface area contributed by atoms with Gasteiger partial charge in [0.2, 0.25) is 0 Å². The Balaban J connectivity index is 2.16. The molecular weight excluding hydrogens is 260 g/mol. The van der Waals surface area contributed by atoms with Crippen LogP contribution in [0.3, 0.4) is 0 Å². The van der Waals surface area contributed by atoms with Crippen molar-refractivity contribution in [2.75, 3.05) is 6.54 Å². The maximum absolute atomic E-state index is 11.4. The van der Waals surface area contributed by atoms with E-state index in [1.54, 1.807) is 30.5 Å². The standard InChI is InChI=1S/C15H13ClN2O/c16-14-4-2-1-3-12(14)10-18-13-7-5-11(6-8-13)15(19)9-17/h1-8,10H,9,17H2. The van der Waals surface area contributed by atoms with Gasteiger partial charge in [-0.1, -0.05) is 29.8 Å². The highest BCUT2D eigenvalue weighted by Gasteiger charge is 2.02. The van der Waals surface area contributed by atoms with Gasteiger partial charge in [-0.2, -0.15) is 0 Å². The first kappa shape index (κ1) is 13.5. The normalized spacial score (nSPS) is 10.8. The number of aliphatic imine (C=N–C) groups is 1. The molecule has 0 atom stereocenters. The maximum Gasteiger partial charge on any atom is 0.176 e. The fraction of sp³-hybridized carbons (Fsp3) is 0.0667. The molecule has 0 saturated carbocycles. The Morgan fingerprint density at radius 2 is 1.84 bits per heavy atom. The van der Waals surface area contributed by atoms with E-state index in [-0.39, 0.29) is 12.3 Å². The number of benzene rings is 2. The Labute approximate surface area is 116 Å². The van der Waals surface area contributed by atoms with Crippen LogP contribution in [-0.4, -0.2) is 18.5 Å². The Hall–Kier alpha value is -1.97. The molecule has 0 fully saturated rings. The minimum atomic E-state index is -0.0818. The predicted molar refractivity (Wildman–Crippen MR) is 78.5 cm³/mol. The first-order chi connectivity index (χ1) is 9.20. The summed E-state index contributed by atoms with van der Waals surface area (Å²) in [7, 11) is 0. The van der Waals surface area contributed by atoms with E-state index >= 15 is 0 Å². The molecule has 96 valence electrons. The number of nitrogens with zero attached hydrogens (tertiary/aromatic N) is 1. The molecule has 0 unspecified atom stereocenters. The van der Waals surface area contributed by atoms with Crippen molar-refractivity contribution in [2.24, 2.45) is 10.7 Å². The van der Waals surface area contributed by atoms with Gasteiger partial charge in [-0.25, -0.2) is 0 Å². The molecule has 3 nitrogen and oxygen atoms in total. The minimum Gasteiger partial charge on any atom is -0.324 e. The number of carbonyl (C=O) groups is 1. The first-order valence-corrected chi connectivity index (χ1v) is 6.20. The topological polar surface area (TPSA) is 55.5 Å². The second-order valence-electron chi connectivity index (χ2n) is 3.95. The summed E-state index contributed by atoms with van der Waals surface area (Å²) in [6.07, 6.45) is 1.70. The van der Waals surface area contributed by atoms with Crippen LogP contribution in [0.5, 0.6) is 0 Å². The lowest BCUT2D eigenvalue weighted by atomic mass is 10.1. The summed E-state index contributed by atoms with van der Waals surface area (Å²) in [4.78, 5) is 15.7. The highest BCUT2D eigenvalue weighted by atomic mass is 35.5. The van der Waals surface area contributed by atoms with Gasteiger partial charge in [-0.15, -0.1) is 0 Å². The van der Waals surface area contributed by atoms with E-state index in [1.165, 1.54) is 0 Å². The van der Waals surface area contributed by atoms with Gasteiger partial charge >= 0.3 is 0 Å². The number of Topliss-reactive ketones (excluding diaryl/α,β-unsaturated/α-hetero) is 1. The van der Waals surface area contributed by atoms with Gasteiger partial charge in [0.1, 0.15) is 0 Å². The van der Waals surface area contributed by atoms with Crippen LogP contribution in [0.1, 0.15) is 15.9 Å². The maximum atomic E-state index is 11.4. The predicted octanol–water partition coefficient (Wildman–Crippen LogP) is 3.23. The zero-order chi connectivity index (χ0) is 13.7. The fourth-order valence-electron chi connectivity index (χ4n) is 1.58. The molecule has 2 N–H and O–H groups in total. The molecule has 0 bridgehead atoms. The Morgan fingerprint density at radius 3 is 2.47 bits per heavy atom. The fourth-order valence-corrected chi connectivity index (χ4v) is 1.76. The molecule has 0 aromatic heterocycles. The van der Waals surface area contributed by atoms with Gasteiger partial charge in [-0.05, 0) is 30.3 Å². The zero-order valence-electron chi connectivity index (χ0n) is 10.2. The van der Waals surface area contributed by atoms with Crippen molar-refractivity contribution >= 4 is 29.3 Å². The van der Waals surface area contributed by atoms with Crippen LogP contribution in [0.2, 0.25) is 5.02 Å². The van der Waals surface area contributed by atoms with Crippen molar-refractivity contribution in [2.45, 2.75) is 0 Å². The average molecular weight is 273 g/mol. The summed E-state index contributed by atoms with van der Waals surface area (Å²) in [5.41, 5.74) is 7.51. The second kappa shape index (κ2) is 6.27. The zero-order valence-corrected chi connectivity index (χ0v) is 11.0. The monoisotopic (exact) mass is 272 g/mol. The van der Waals surface area contributed by atoms with E-state index in [0.29, 0.717) is 10.6 Å². The summed E-state index contributed by atoms with van der Waals surface area (Å²) in [6.45, 7) is 0.0161.